The first kappa shape index (κ1) is 15.4. The summed E-state index contributed by atoms with van der Waals surface area (Å²) in [5, 5.41) is 2.50. The predicted molar refractivity (Wildman–Crippen MR) is 78.0 cm³/mol. The number of benzene rings is 1. The molecular weight excluding hydrogens is 264 g/mol. The summed E-state index contributed by atoms with van der Waals surface area (Å²) < 4.78 is 4.53. The van der Waals surface area contributed by atoms with Gasteiger partial charge in [0.1, 0.15) is 0 Å². The fourth-order valence-electron chi connectivity index (χ4n) is 1.34. The highest BCUT2D eigenvalue weighted by molar-refractivity contribution is 8.00. The van der Waals surface area contributed by atoms with Crippen LogP contribution < -0.4 is 11.1 Å². The number of esters is 1. The lowest BCUT2D eigenvalue weighted by Crippen LogP contribution is -2.23. The van der Waals surface area contributed by atoms with Crippen molar-refractivity contribution in [2.75, 3.05) is 23.9 Å². The Morgan fingerprint density at radius 1 is 1.42 bits per heavy atom. The van der Waals surface area contributed by atoms with Crippen LogP contribution in [0, 0.1) is 0 Å². The SMILES string of the molecule is COC(=O)CCSC(C)C(=O)Nc1ccccc1N. The largest absolute Gasteiger partial charge is 0.469 e. The molecule has 1 amide bonds. The molecule has 0 aromatic heterocycles. The number of hydrogen-bond donors (Lipinski definition) is 2. The third-order valence-corrected chi connectivity index (χ3v) is 3.64. The molecule has 1 atom stereocenters. The number of para-hydroxylation sites is 2. The number of nitrogens with one attached hydrogen (secondary N) is 1. The Morgan fingerprint density at radius 3 is 2.74 bits per heavy atom. The summed E-state index contributed by atoms with van der Waals surface area (Å²) in [4.78, 5) is 22.9. The van der Waals surface area contributed by atoms with Crippen LogP contribution >= 0.6 is 11.8 Å². The fraction of sp³-hybridized carbons (Fsp3) is 0.385. The smallest absolute Gasteiger partial charge is 0.306 e. The Hall–Kier alpha value is -1.69. The van der Waals surface area contributed by atoms with Gasteiger partial charge >= 0.3 is 5.97 Å². The van der Waals surface area contributed by atoms with E-state index < -0.39 is 0 Å². The van der Waals surface area contributed by atoms with E-state index in [1.54, 1.807) is 31.2 Å². The highest BCUT2D eigenvalue weighted by atomic mass is 32.2. The number of hydrogen-bond acceptors (Lipinski definition) is 5. The van der Waals surface area contributed by atoms with Crippen molar-refractivity contribution < 1.29 is 14.3 Å². The first-order chi connectivity index (χ1) is 9.04. The molecule has 1 unspecified atom stereocenters. The number of anilines is 2. The molecular formula is C13H18N2O3S. The number of amides is 1. The summed E-state index contributed by atoms with van der Waals surface area (Å²) in [5.74, 6) is 0.145. The standard InChI is InChI=1S/C13H18N2O3S/c1-9(19-8-7-12(16)18-2)13(17)15-11-6-4-3-5-10(11)14/h3-6,9H,7-8,14H2,1-2H3,(H,15,17). The van der Waals surface area contributed by atoms with Crippen LogP contribution in [0.25, 0.3) is 0 Å². The molecule has 0 aliphatic heterocycles. The van der Waals surface area contributed by atoms with Crippen LogP contribution in [-0.2, 0) is 14.3 Å². The average Bonchev–Trinajstić information content (AvgIpc) is 2.40. The maximum absolute atomic E-state index is 11.9. The van der Waals surface area contributed by atoms with E-state index >= 15 is 0 Å². The number of carbonyl (C=O) groups excluding carboxylic acids is 2. The van der Waals surface area contributed by atoms with Crippen molar-refractivity contribution in [3.63, 3.8) is 0 Å². The molecule has 1 aromatic carbocycles. The summed E-state index contributed by atoms with van der Waals surface area (Å²) in [7, 11) is 1.35. The van der Waals surface area contributed by atoms with E-state index in [2.05, 4.69) is 10.1 Å². The summed E-state index contributed by atoms with van der Waals surface area (Å²) >= 11 is 1.40. The molecule has 0 radical (unpaired) electrons. The fourth-order valence-corrected chi connectivity index (χ4v) is 2.19. The first-order valence-corrected chi connectivity index (χ1v) is 6.93. The number of ether oxygens (including phenoxy) is 1. The van der Waals surface area contributed by atoms with E-state index in [9.17, 15) is 9.59 Å². The van der Waals surface area contributed by atoms with Crippen molar-refractivity contribution in [2.45, 2.75) is 18.6 Å². The van der Waals surface area contributed by atoms with E-state index in [-0.39, 0.29) is 17.1 Å². The Balaban J connectivity index is 2.41. The second kappa shape index (κ2) is 7.68. The third-order valence-electron chi connectivity index (χ3n) is 2.49. The molecule has 0 saturated heterocycles. The predicted octanol–water partition coefficient (Wildman–Crippen LogP) is 1.89. The van der Waals surface area contributed by atoms with Gasteiger partial charge in [0.05, 0.1) is 30.2 Å². The van der Waals surface area contributed by atoms with Crippen molar-refractivity contribution in [3.8, 4) is 0 Å². The lowest BCUT2D eigenvalue weighted by Gasteiger charge is -2.12. The quantitative estimate of drug-likeness (QED) is 0.615. The monoisotopic (exact) mass is 282 g/mol. The van der Waals surface area contributed by atoms with Crippen LogP contribution in [-0.4, -0.2) is 30.0 Å². The van der Waals surface area contributed by atoms with Crippen molar-refractivity contribution in [2.24, 2.45) is 0 Å². The van der Waals surface area contributed by atoms with Crippen LogP contribution in [0.15, 0.2) is 24.3 Å². The molecule has 0 heterocycles. The zero-order valence-corrected chi connectivity index (χ0v) is 11.8. The second-order valence-corrected chi connectivity index (χ2v) is 5.36. The van der Waals surface area contributed by atoms with E-state index in [1.807, 2.05) is 0 Å². The van der Waals surface area contributed by atoms with Gasteiger partial charge in [0.25, 0.3) is 0 Å². The molecule has 0 bridgehead atoms. The van der Waals surface area contributed by atoms with E-state index in [0.29, 0.717) is 23.5 Å². The molecule has 3 N–H and O–H groups in total. The van der Waals surface area contributed by atoms with Crippen LogP contribution in [0.4, 0.5) is 11.4 Å². The molecule has 0 fully saturated rings. The lowest BCUT2D eigenvalue weighted by molar-refractivity contribution is -0.140. The highest BCUT2D eigenvalue weighted by Gasteiger charge is 2.15. The van der Waals surface area contributed by atoms with Gasteiger partial charge in [-0.15, -0.1) is 11.8 Å². The van der Waals surface area contributed by atoms with Crippen molar-refractivity contribution >= 4 is 35.0 Å². The molecule has 0 aliphatic carbocycles. The summed E-state index contributed by atoms with van der Waals surface area (Å²) in [6, 6.07) is 7.09. The van der Waals surface area contributed by atoms with Crippen LogP contribution in [0.1, 0.15) is 13.3 Å². The Kier molecular flexibility index (Phi) is 6.21. The van der Waals surface area contributed by atoms with Gasteiger partial charge < -0.3 is 15.8 Å². The minimum Gasteiger partial charge on any atom is -0.469 e. The summed E-state index contributed by atoms with van der Waals surface area (Å²) in [6.07, 6.45) is 0.298. The first-order valence-electron chi connectivity index (χ1n) is 5.88. The van der Waals surface area contributed by atoms with Crippen molar-refractivity contribution in [1.82, 2.24) is 0 Å². The van der Waals surface area contributed by atoms with Crippen molar-refractivity contribution in [1.29, 1.82) is 0 Å². The summed E-state index contributed by atoms with van der Waals surface area (Å²) in [6.45, 7) is 1.79. The van der Waals surface area contributed by atoms with E-state index in [4.69, 9.17) is 5.73 Å². The Bertz CT molecular complexity index is 451. The highest BCUT2D eigenvalue weighted by Crippen LogP contribution is 2.19. The van der Waals surface area contributed by atoms with Gasteiger partial charge in [-0.05, 0) is 19.1 Å². The Morgan fingerprint density at radius 2 is 2.11 bits per heavy atom. The second-order valence-electron chi connectivity index (χ2n) is 3.92. The summed E-state index contributed by atoms with van der Waals surface area (Å²) in [5.41, 5.74) is 6.88. The minimum atomic E-state index is -0.271. The molecule has 5 nitrogen and oxygen atoms in total. The molecule has 0 aliphatic rings. The topological polar surface area (TPSA) is 81.4 Å². The molecule has 1 rings (SSSR count). The molecule has 1 aromatic rings. The van der Waals surface area contributed by atoms with Crippen LogP contribution in [0.3, 0.4) is 0 Å². The lowest BCUT2D eigenvalue weighted by atomic mass is 10.2. The molecule has 19 heavy (non-hydrogen) atoms. The number of rotatable bonds is 6. The molecule has 104 valence electrons. The van der Waals surface area contributed by atoms with Gasteiger partial charge in [0.15, 0.2) is 0 Å². The number of carbonyl (C=O) groups is 2. The van der Waals surface area contributed by atoms with Gasteiger partial charge in [-0.1, -0.05) is 12.1 Å². The van der Waals surface area contributed by atoms with Crippen LogP contribution in [0.5, 0.6) is 0 Å². The molecule has 6 heteroatoms. The average molecular weight is 282 g/mol. The third kappa shape index (κ3) is 5.21. The normalized spacial score (nSPS) is 11.7. The van der Waals surface area contributed by atoms with Gasteiger partial charge in [0.2, 0.25) is 5.91 Å². The van der Waals surface area contributed by atoms with Crippen molar-refractivity contribution in [3.05, 3.63) is 24.3 Å². The number of nitrogen functional groups attached to an aromatic ring is 1. The maximum Gasteiger partial charge on any atom is 0.306 e. The van der Waals surface area contributed by atoms with E-state index in [0.717, 1.165) is 0 Å². The number of nitrogens with two attached hydrogens (primary N) is 1. The maximum atomic E-state index is 11.9. The van der Waals surface area contributed by atoms with E-state index in [1.165, 1.54) is 18.9 Å². The Labute approximate surface area is 116 Å². The molecule has 0 saturated carbocycles. The van der Waals surface area contributed by atoms with Gasteiger partial charge in [-0.2, -0.15) is 0 Å². The minimum absolute atomic E-state index is 0.132. The van der Waals surface area contributed by atoms with Crippen LogP contribution in [0.2, 0.25) is 0 Å². The number of thioether (sulfide) groups is 1. The zero-order valence-electron chi connectivity index (χ0n) is 11.0. The molecule has 0 spiro atoms. The van der Waals surface area contributed by atoms with Gasteiger partial charge in [-0.3, -0.25) is 9.59 Å². The zero-order chi connectivity index (χ0) is 14.3. The van der Waals surface area contributed by atoms with Gasteiger partial charge in [0, 0.05) is 5.75 Å². The van der Waals surface area contributed by atoms with Gasteiger partial charge in [-0.25, -0.2) is 0 Å². The number of methoxy groups -OCH3 is 1.